The minimum Gasteiger partial charge on any atom is -0.480 e. The first-order valence-electron chi connectivity index (χ1n) is 6.49. The Morgan fingerprint density at radius 2 is 2.16 bits per heavy atom. The molecular weight excluding hydrogens is 263 g/mol. The maximum atomic E-state index is 12.1. The van der Waals surface area contributed by atoms with Crippen LogP contribution in [0, 0.1) is 0 Å². The van der Waals surface area contributed by atoms with Crippen LogP contribution in [0.1, 0.15) is 39.0 Å². The van der Waals surface area contributed by atoms with E-state index in [4.69, 9.17) is 9.84 Å². The van der Waals surface area contributed by atoms with Crippen molar-refractivity contribution in [3.63, 3.8) is 0 Å². The molecule has 0 saturated heterocycles. The van der Waals surface area contributed by atoms with E-state index in [1.165, 1.54) is 0 Å². The summed E-state index contributed by atoms with van der Waals surface area (Å²) in [6.07, 6.45) is -1.77. The van der Waals surface area contributed by atoms with Gasteiger partial charge in [-0.15, -0.1) is 0 Å². The summed E-state index contributed by atoms with van der Waals surface area (Å²) in [4.78, 5) is 10.9. The SMILES string of the molecule is CCC(NC1CCCC(OCC(F)(F)F)C1)C(=O)O. The highest BCUT2D eigenvalue weighted by molar-refractivity contribution is 5.73. The molecule has 1 aliphatic rings. The third-order valence-corrected chi connectivity index (χ3v) is 3.25. The maximum Gasteiger partial charge on any atom is 0.411 e. The van der Waals surface area contributed by atoms with E-state index in [0.717, 1.165) is 12.8 Å². The minimum absolute atomic E-state index is 0.0898. The Balaban J connectivity index is 2.39. The van der Waals surface area contributed by atoms with Gasteiger partial charge in [-0.05, 0) is 32.1 Å². The Morgan fingerprint density at radius 3 is 2.68 bits per heavy atom. The Bertz CT molecular complexity index is 296. The lowest BCUT2D eigenvalue weighted by atomic mass is 9.92. The van der Waals surface area contributed by atoms with E-state index in [9.17, 15) is 18.0 Å². The molecular formula is C12H20F3NO3. The van der Waals surface area contributed by atoms with Crippen molar-refractivity contribution in [2.45, 2.75) is 63.4 Å². The second kappa shape index (κ2) is 7.09. The number of nitrogens with one attached hydrogen (secondary N) is 1. The molecule has 19 heavy (non-hydrogen) atoms. The molecule has 112 valence electrons. The Morgan fingerprint density at radius 1 is 1.47 bits per heavy atom. The Hall–Kier alpha value is -0.820. The van der Waals surface area contributed by atoms with E-state index in [1.54, 1.807) is 6.92 Å². The molecule has 0 amide bonds. The van der Waals surface area contributed by atoms with Crippen LogP contribution in [0.3, 0.4) is 0 Å². The van der Waals surface area contributed by atoms with Gasteiger partial charge in [0.15, 0.2) is 0 Å². The van der Waals surface area contributed by atoms with Crippen LogP contribution >= 0.6 is 0 Å². The van der Waals surface area contributed by atoms with Gasteiger partial charge in [-0.25, -0.2) is 0 Å². The lowest BCUT2D eigenvalue weighted by Crippen LogP contribution is -2.46. The molecule has 0 aromatic heterocycles. The second-order valence-corrected chi connectivity index (χ2v) is 4.88. The van der Waals surface area contributed by atoms with Crippen molar-refractivity contribution < 1.29 is 27.8 Å². The van der Waals surface area contributed by atoms with E-state index in [2.05, 4.69) is 5.32 Å². The van der Waals surface area contributed by atoms with Crippen LogP contribution < -0.4 is 5.32 Å². The van der Waals surface area contributed by atoms with Crippen LogP contribution in [-0.2, 0) is 9.53 Å². The molecule has 4 nitrogen and oxygen atoms in total. The predicted molar refractivity (Wildman–Crippen MR) is 62.9 cm³/mol. The van der Waals surface area contributed by atoms with Crippen molar-refractivity contribution in [2.75, 3.05) is 6.61 Å². The van der Waals surface area contributed by atoms with Gasteiger partial charge in [-0.3, -0.25) is 4.79 Å². The van der Waals surface area contributed by atoms with Gasteiger partial charge in [-0.1, -0.05) is 6.92 Å². The lowest BCUT2D eigenvalue weighted by Gasteiger charge is -2.31. The molecule has 1 rings (SSSR count). The third-order valence-electron chi connectivity index (χ3n) is 3.25. The molecule has 2 N–H and O–H groups in total. The van der Waals surface area contributed by atoms with Crippen LogP contribution in [0.25, 0.3) is 0 Å². The first-order chi connectivity index (χ1) is 8.81. The summed E-state index contributed by atoms with van der Waals surface area (Å²) in [5.41, 5.74) is 0. The first kappa shape index (κ1) is 16.2. The summed E-state index contributed by atoms with van der Waals surface area (Å²) < 4.78 is 41.0. The first-order valence-corrected chi connectivity index (χ1v) is 6.49. The monoisotopic (exact) mass is 283 g/mol. The summed E-state index contributed by atoms with van der Waals surface area (Å²) in [6, 6.07) is -0.737. The zero-order chi connectivity index (χ0) is 14.5. The van der Waals surface area contributed by atoms with Crippen LogP contribution in [0.4, 0.5) is 13.2 Å². The number of hydrogen-bond acceptors (Lipinski definition) is 3. The number of aliphatic carboxylic acids is 1. The number of carbonyl (C=O) groups is 1. The largest absolute Gasteiger partial charge is 0.480 e. The van der Waals surface area contributed by atoms with Gasteiger partial charge in [-0.2, -0.15) is 13.2 Å². The number of ether oxygens (including phenoxy) is 1. The molecule has 0 aromatic carbocycles. The van der Waals surface area contributed by atoms with E-state index >= 15 is 0 Å². The van der Waals surface area contributed by atoms with Gasteiger partial charge in [0.2, 0.25) is 0 Å². The predicted octanol–water partition coefficient (Wildman–Crippen LogP) is 2.33. The normalized spacial score (nSPS) is 26.1. The average Bonchev–Trinajstić information content (AvgIpc) is 2.33. The minimum atomic E-state index is -4.31. The molecule has 1 saturated carbocycles. The van der Waals surface area contributed by atoms with E-state index in [-0.39, 0.29) is 6.04 Å². The fourth-order valence-corrected chi connectivity index (χ4v) is 2.31. The van der Waals surface area contributed by atoms with Crippen molar-refractivity contribution in [2.24, 2.45) is 0 Å². The van der Waals surface area contributed by atoms with Crippen molar-refractivity contribution in [1.29, 1.82) is 0 Å². The van der Waals surface area contributed by atoms with Crippen molar-refractivity contribution in [1.82, 2.24) is 5.32 Å². The van der Waals surface area contributed by atoms with Crippen molar-refractivity contribution >= 4 is 5.97 Å². The fourth-order valence-electron chi connectivity index (χ4n) is 2.31. The van der Waals surface area contributed by atoms with Gasteiger partial charge >= 0.3 is 12.1 Å². The lowest BCUT2D eigenvalue weighted by molar-refractivity contribution is -0.188. The third kappa shape index (κ3) is 6.24. The van der Waals surface area contributed by atoms with Gasteiger partial charge in [0.1, 0.15) is 12.6 Å². The summed E-state index contributed by atoms with van der Waals surface area (Å²) in [5.74, 6) is -0.930. The quantitative estimate of drug-likeness (QED) is 0.785. The summed E-state index contributed by atoms with van der Waals surface area (Å²) >= 11 is 0. The number of carboxylic acids is 1. The topological polar surface area (TPSA) is 58.6 Å². The van der Waals surface area contributed by atoms with Crippen molar-refractivity contribution in [3.8, 4) is 0 Å². The van der Waals surface area contributed by atoms with Crippen LogP contribution in [0.2, 0.25) is 0 Å². The number of halogens is 3. The zero-order valence-corrected chi connectivity index (χ0v) is 10.9. The van der Waals surface area contributed by atoms with Gasteiger partial charge in [0.05, 0.1) is 6.10 Å². The van der Waals surface area contributed by atoms with Crippen LogP contribution in [0.5, 0.6) is 0 Å². The number of hydrogen-bond donors (Lipinski definition) is 2. The summed E-state index contributed by atoms with van der Waals surface area (Å²) in [7, 11) is 0. The molecule has 0 aromatic rings. The Kier molecular flexibility index (Phi) is 6.06. The maximum absolute atomic E-state index is 12.1. The molecule has 3 unspecified atom stereocenters. The fraction of sp³-hybridized carbons (Fsp3) is 0.917. The van der Waals surface area contributed by atoms with Gasteiger partial charge in [0.25, 0.3) is 0 Å². The van der Waals surface area contributed by atoms with Gasteiger partial charge < -0.3 is 15.2 Å². The molecule has 1 fully saturated rings. The molecule has 0 heterocycles. The summed E-state index contributed by atoms with van der Waals surface area (Å²) in [5, 5.41) is 11.9. The number of rotatable bonds is 6. The standard InChI is InChI=1S/C12H20F3NO3/c1-2-10(11(17)18)16-8-4-3-5-9(6-8)19-7-12(13,14)15/h8-10,16H,2-7H2,1H3,(H,17,18). The molecule has 7 heteroatoms. The van der Waals surface area contributed by atoms with E-state index in [0.29, 0.717) is 19.3 Å². The van der Waals surface area contributed by atoms with E-state index in [1.807, 2.05) is 0 Å². The Labute approximate surface area is 110 Å². The molecule has 0 radical (unpaired) electrons. The highest BCUT2D eigenvalue weighted by Gasteiger charge is 2.32. The highest BCUT2D eigenvalue weighted by atomic mass is 19.4. The number of alkyl halides is 3. The molecule has 0 aliphatic heterocycles. The summed E-state index contributed by atoms with van der Waals surface area (Å²) in [6.45, 7) is 0.521. The van der Waals surface area contributed by atoms with E-state index < -0.39 is 30.9 Å². The van der Waals surface area contributed by atoms with Crippen LogP contribution in [0.15, 0.2) is 0 Å². The molecule has 1 aliphatic carbocycles. The molecule has 0 bridgehead atoms. The number of carboxylic acid groups (broad SMARTS) is 1. The molecule has 0 spiro atoms. The smallest absolute Gasteiger partial charge is 0.411 e. The van der Waals surface area contributed by atoms with Gasteiger partial charge in [0, 0.05) is 6.04 Å². The average molecular weight is 283 g/mol. The highest BCUT2D eigenvalue weighted by Crippen LogP contribution is 2.24. The van der Waals surface area contributed by atoms with Crippen molar-refractivity contribution in [3.05, 3.63) is 0 Å². The second-order valence-electron chi connectivity index (χ2n) is 4.88. The molecule has 3 atom stereocenters. The zero-order valence-electron chi connectivity index (χ0n) is 10.9. The van der Waals surface area contributed by atoms with Crippen LogP contribution in [-0.4, -0.2) is 42.0 Å².